The van der Waals surface area contributed by atoms with E-state index in [0.29, 0.717) is 25.7 Å². The number of hydrogen-bond donors (Lipinski definition) is 3. The molecule has 0 rings (SSSR count). The summed E-state index contributed by atoms with van der Waals surface area (Å²) in [5.41, 5.74) is 0. The zero-order valence-electron chi connectivity index (χ0n) is 73.3. The highest BCUT2D eigenvalue weighted by Crippen LogP contribution is 2.45. The lowest BCUT2D eigenvalue weighted by Crippen LogP contribution is -2.30. The molecule has 0 radical (unpaired) electrons. The van der Waals surface area contributed by atoms with Crippen LogP contribution < -0.4 is 0 Å². The molecule has 111 heavy (non-hydrogen) atoms. The number of phosphoric acid groups is 2. The lowest BCUT2D eigenvalue weighted by Gasteiger charge is -2.21. The predicted molar refractivity (Wildman–Crippen MR) is 460 cm³/mol. The Bertz CT molecular complexity index is 2120. The smallest absolute Gasteiger partial charge is 0.462 e. The van der Waals surface area contributed by atoms with Gasteiger partial charge in [0.1, 0.15) is 19.3 Å². The predicted octanol–water partition coefficient (Wildman–Crippen LogP) is 28.6. The first-order valence-electron chi connectivity index (χ1n) is 47.5. The minimum absolute atomic E-state index is 0.108. The van der Waals surface area contributed by atoms with Crippen LogP contribution in [0.2, 0.25) is 0 Å². The number of carbonyl (C=O) groups excluding carboxylic acids is 4. The number of ether oxygens (including phenoxy) is 4. The van der Waals surface area contributed by atoms with Gasteiger partial charge >= 0.3 is 39.5 Å². The van der Waals surface area contributed by atoms with Crippen LogP contribution in [0.25, 0.3) is 0 Å². The van der Waals surface area contributed by atoms with Crippen LogP contribution in [0.5, 0.6) is 0 Å². The zero-order valence-corrected chi connectivity index (χ0v) is 75.1. The largest absolute Gasteiger partial charge is 0.472 e. The number of esters is 4. The molecule has 0 heterocycles. The van der Waals surface area contributed by atoms with Gasteiger partial charge in [-0.15, -0.1) is 0 Å². The topological polar surface area (TPSA) is 237 Å². The number of aliphatic hydroxyl groups excluding tert-OH is 1. The van der Waals surface area contributed by atoms with E-state index in [0.717, 1.165) is 102 Å². The summed E-state index contributed by atoms with van der Waals surface area (Å²) in [4.78, 5) is 73.5. The maximum Gasteiger partial charge on any atom is 0.472 e. The van der Waals surface area contributed by atoms with Crippen molar-refractivity contribution in [3.63, 3.8) is 0 Å². The van der Waals surface area contributed by atoms with Gasteiger partial charge in [0, 0.05) is 25.7 Å². The molecule has 0 aliphatic carbocycles. The monoisotopic (exact) mass is 1620 g/mol. The third-order valence-corrected chi connectivity index (χ3v) is 24.0. The minimum Gasteiger partial charge on any atom is -0.462 e. The first kappa shape index (κ1) is 109. The van der Waals surface area contributed by atoms with Crippen LogP contribution in [0.3, 0.4) is 0 Å². The van der Waals surface area contributed by atoms with Gasteiger partial charge in [-0.3, -0.25) is 37.3 Å². The maximum atomic E-state index is 13.2. The van der Waals surface area contributed by atoms with Crippen LogP contribution in [-0.2, 0) is 65.4 Å². The molecule has 3 unspecified atom stereocenters. The van der Waals surface area contributed by atoms with Crippen LogP contribution >= 0.6 is 15.6 Å². The lowest BCUT2D eigenvalue weighted by molar-refractivity contribution is -0.161. The third-order valence-electron chi connectivity index (χ3n) is 22.1. The summed E-state index contributed by atoms with van der Waals surface area (Å²) in [6.07, 6.45) is 77.9. The highest BCUT2D eigenvalue weighted by Gasteiger charge is 2.31. The normalized spacial score (nSPS) is 14.0. The Morgan fingerprint density at radius 3 is 0.685 bits per heavy atom. The SMILES string of the molecule is CCCCCCCCCCCCCCCCCCCCCCCCC(=O)O[C@H](COC(=O)CCCCCCCCCCCCCCCCCCCCC(C)C)COP(=O)(O)OC[C@@H](O)COP(=O)(O)OC[C@@H](COC(=O)CCCCCCCCCCC(C)CC)OC(=O)CCCCCCCCCCCCCCCCCC. The third kappa shape index (κ3) is 84.3. The van der Waals surface area contributed by atoms with E-state index in [-0.39, 0.29) is 25.7 Å². The van der Waals surface area contributed by atoms with Gasteiger partial charge in [0.05, 0.1) is 26.4 Å². The first-order chi connectivity index (χ1) is 53.9. The second-order valence-corrected chi connectivity index (χ2v) is 36.7. The molecule has 0 aromatic carbocycles. The molecule has 0 bridgehead atoms. The summed E-state index contributed by atoms with van der Waals surface area (Å²) < 4.78 is 69.1. The lowest BCUT2D eigenvalue weighted by atomic mass is 9.99. The summed E-state index contributed by atoms with van der Waals surface area (Å²) in [6, 6.07) is 0. The van der Waals surface area contributed by atoms with Crippen LogP contribution in [0.15, 0.2) is 0 Å². The summed E-state index contributed by atoms with van der Waals surface area (Å²) >= 11 is 0. The molecule has 0 aliphatic heterocycles. The van der Waals surface area contributed by atoms with E-state index >= 15 is 0 Å². The average molecular weight is 1620 g/mol. The van der Waals surface area contributed by atoms with Crippen molar-refractivity contribution < 1.29 is 80.2 Å². The van der Waals surface area contributed by atoms with E-state index in [1.54, 1.807) is 0 Å². The van der Waals surface area contributed by atoms with Crippen molar-refractivity contribution in [2.75, 3.05) is 39.6 Å². The molecule has 6 atom stereocenters. The molecular weight excluding hydrogens is 1440 g/mol. The van der Waals surface area contributed by atoms with Crippen molar-refractivity contribution in [3.05, 3.63) is 0 Å². The minimum atomic E-state index is -4.97. The van der Waals surface area contributed by atoms with Gasteiger partial charge in [-0.25, -0.2) is 9.13 Å². The Hall–Kier alpha value is -1.94. The molecule has 17 nitrogen and oxygen atoms in total. The Morgan fingerprint density at radius 1 is 0.261 bits per heavy atom. The second-order valence-electron chi connectivity index (χ2n) is 33.8. The van der Waals surface area contributed by atoms with Crippen molar-refractivity contribution in [1.29, 1.82) is 0 Å². The number of hydrogen-bond acceptors (Lipinski definition) is 15. The molecule has 0 amide bonds. The molecule has 0 aliphatic rings. The fourth-order valence-corrected chi connectivity index (χ4v) is 16.0. The number of rotatable bonds is 91. The van der Waals surface area contributed by atoms with Gasteiger partial charge in [-0.2, -0.15) is 0 Å². The molecule has 0 spiro atoms. The molecular formula is C92H180O17P2. The number of phosphoric ester groups is 2. The molecule has 0 fully saturated rings. The Morgan fingerprint density at radius 2 is 0.459 bits per heavy atom. The van der Waals surface area contributed by atoms with E-state index in [1.807, 2.05) is 0 Å². The fourth-order valence-electron chi connectivity index (χ4n) is 14.4. The van der Waals surface area contributed by atoms with E-state index in [2.05, 4.69) is 41.5 Å². The average Bonchev–Trinajstić information content (AvgIpc) is 0.904. The van der Waals surface area contributed by atoms with Gasteiger partial charge in [0.25, 0.3) is 0 Å². The molecule has 3 N–H and O–H groups in total. The molecule has 0 saturated carbocycles. The van der Waals surface area contributed by atoms with Gasteiger partial charge < -0.3 is 33.8 Å². The molecule has 0 aromatic heterocycles. The number of carbonyl (C=O) groups is 4. The van der Waals surface area contributed by atoms with E-state index in [4.69, 9.17) is 37.0 Å². The fraction of sp³-hybridized carbons (Fsp3) is 0.957. The second kappa shape index (κ2) is 83.1. The summed E-state index contributed by atoms with van der Waals surface area (Å²) in [6.45, 7) is 9.75. The summed E-state index contributed by atoms with van der Waals surface area (Å²) in [7, 11) is -9.94. The van der Waals surface area contributed by atoms with Crippen molar-refractivity contribution in [3.8, 4) is 0 Å². The highest BCUT2D eigenvalue weighted by atomic mass is 31.2. The molecule has 660 valence electrons. The van der Waals surface area contributed by atoms with Crippen molar-refractivity contribution in [2.24, 2.45) is 11.8 Å². The van der Waals surface area contributed by atoms with E-state index in [9.17, 15) is 43.2 Å². The van der Waals surface area contributed by atoms with Crippen LogP contribution in [0, 0.1) is 11.8 Å². The van der Waals surface area contributed by atoms with E-state index in [1.165, 1.54) is 315 Å². The van der Waals surface area contributed by atoms with Gasteiger partial charge in [0.2, 0.25) is 0 Å². The number of aliphatic hydroxyl groups is 1. The quantitative estimate of drug-likeness (QED) is 0.0222. The van der Waals surface area contributed by atoms with Gasteiger partial charge in [-0.1, -0.05) is 446 Å². The highest BCUT2D eigenvalue weighted by molar-refractivity contribution is 7.47. The number of unbranched alkanes of at least 4 members (excludes halogenated alkanes) is 60. The van der Waals surface area contributed by atoms with Gasteiger partial charge in [-0.05, 0) is 37.5 Å². The standard InChI is InChI=1S/C92H180O17P2/c1-7-10-12-14-16-18-20-22-24-26-27-28-29-30-35-39-43-47-51-59-65-71-77-91(96)108-87(80-102-89(94)74-68-62-56-49-45-41-38-34-32-31-33-36-40-44-48-54-60-66-72-84(4)5)82-106-110(98,99)104-78-86(93)79-105-111(100,101)107-83-88(81-103-90(95)75-69-63-57-53-52-55-61-67-73-85(6)9-3)109-92(97)76-70-64-58-50-46-42-37-25-23-21-19-17-15-13-11-8-2/h84-88,93H,7-83H2,1-6H3,(H,98,99)(H,100,101)/t85?,86-,87-,88-/m1/s1. The molecule has 19 heteroatoms. The van der Waals surface area contributed by atoms with Crippen LogP contribution in [0.1, 0.15) is 497 Å². The van der Waals surface area contributed by atoms with Crippen molar-refractivity contribution in [2.45, 2.75) is 516 Å². The van der Waals surface area contributed by atoms with Crippen LogP contribution in [0.4, 0.5) is 0 Å². The van der Waals surface area contributed by atoms with Crippen LogP contribution in [-0.4, -0.2) is 96.7 Å². The van der Waals surface area contributed by atoms with E-state index < -0.39 is 97.5 Å². The molecule has 0 saturated heterocycles. The maximum absolute atomic E-state index is 13.2. The van der Waals surface area contributed by atoms with Gasteiger partial charge in [0.15, 0.2) is 12.2 Å². The Kier molecular flexibility index (Phi) is 81.7. The first-order valence-corrected chi connectivity index (χ1v) is 50.5. The van der Waals surface area contributed by atoms with Crippen molar-refractivity contribution >= 4 is 39.5 Å². The summed E-state index contributed by atoms with van der Waals surface area (Å²) in [5.74, 6) is -0.494. The molecule has 0 aromatic rings. The Labute approximate surface area is 683 Å². The zero-order chi connectivity index (χ0) is 81.3. The Balaban J connectivity index is 5.24. The summed E-state index contributed by atoms with van der Waals surface area (Å²) in [5, 5.41) is 10.7. The van der Waals surface area contributed by atoms with Crippen molar-refractivity contribution in [1.82, 2.24) is 0 Å².